The minimum atomic E-state index is -0.288. The number of nitrogens with one attached hydrogen (secondary N) is 2. The van der Waals surface area contributed by atoms with E-state index in [4.69, 9.17) is 11.6 Å². The first-order chi connectivity index (χ1) is 11.5. The molecule has 1 aliphatic carbocycles. The lowest BCUT2D eigenvalue weighted by Crippen LogP contribution is -2.46. The van der Waals surface area contributed by atoms with Gasteiger partial charge in [0.15, 0.2) is 0 Å². The van der Waals surface area contributed by atoms with Gasteiger partial charge in [-0.3, -0.25) is 9.48 Å². The fraction of sp³-hybridized carbons (Fsp3) is 0.444. The van der Waals surface area contributed by atoms with Gasteiger partial charge in [0, 0.05) is 25.2 Å². The highest BCUT2D eigenvalue weighted by atomic mass is 35.5. The van der Waals surface area contributed by atoms with Crippen LogP contribution in [0.2, 0.25) is 5.15 Å². The Morgan fingerprint density at radius 2 is 2.08 bits per heavy atom. The van der Waals surface area contributed by atoms with Gasteiger partial charge in [-0.1, -0.05) is 41.9 Å². The first-order valence-corrected chi connectivity index (χ1v) is 8.68. The van der Waals surface area contributed by atoms with Crippen LogP contribution in [0.15, 0.2) is 30.3 Å². The number of rotatable bonds is 7. The highest BCUT2D eigenvalue weighted by Crippen LogP contribution is 2.20. The molecule has 1 aromatic carbocycles. The van der Waals surface area contributed by atoms with Crippen LogP contribution in [0, 0.1) is 6.92 Å². The van der Waals surface area contributed by atoms with Crippen LogP contribution in [0.1, 0.15) is 29.7 Å². The van der Waals surface area contributed by atoms with Crippen molar-refractivity contribution in [3.05, 3.63) is 52.3 Å². The number of hydrogen-bond acceptors (Lipinski definition) is 3. The van der Waals surface area contributed by atoms with Gasteiger partial charge >= 0.3 is 0 Å². The molecule has 128 valence electrons. The maximum Gasteiger partial charge on any atom is 0.237 e. The lowest BCUT2D eigenvalue weighted by Gasteiger charge is -2.18. The molecule has 2 aromatic rings. The average molecular weight is 347 g/mol. The third-order valence-corrected chi connectivity index (χ3v) is 4.79. The van der Waals surface area contributed by atoms with Crippen LogP contribution in [-0.4, -0.2) is 27.8 Å². The molecule has 0 aliphatic heterocycles. The van der Waals surface area contributed by atoms with Gasteiger partial charge in [-0.15, -0.1) is 0 Å². The summed E-state index contributed by atoms with van der Waals surface area (Å²) in [5.74, 6) is 0.0546. The fourth-order valence-electron chi connectivity index (χ4n) is 2.74. The molecule has 0 radical (unpaired) electrons. The van der Waals surface area contributed by atoms with Crippen molar-refractivity contribution in [2.45, 2.75) is 44.8 Å². The molecular weight excluding hydrogens is 324 g/mol. The number of amides is 1. The second-order valence-corrected chi connectivity index (χ2v) is 6.74. The maximum atomic E-state index is 12.6. The normalized spacial score (nSPS) is 15.3. The Hall–Kier alpha value is -1.85. The van der Waals surface area contributed by atoms with E-state index in [9.17, 15) is 4.79 Å². The minimum absolute atomic E-state index is 0.0546. The van der Waals surface area contributed by atoms with Crippen LogP contribution >= 0.6 is 11.6 Å². The van der Waals surface area contributed by atoms with E-state index in [2.05, 4.69) is 15.7 Å². The number of aryl methyl sites for hydroxylation is 2. The summed E-state index contributed by atoms with van der Waals surface area (Å²) < 4.78 is 1.66. The average Bonchev–Trinajstić information content (AvgIpc) is 3.34. The molecule has 0 unspecified atom stereocenters. The molecule has 0 saturated heterocycles. The molecule has 1 atom stereocenters. The van der Waals surface area contributed by atoms with Crippen LogP contribution < -0.4 is 10.6 Å². The molecule has 0 spiro atoms. The van der Waals surface area contributed by atoms with E-state index in [1.165, 1.54) is 0 Å². The summed E-state index contributed by atoms with van der Waals surface area (Å²) in [4.78, 5) is 12.6. The van der Waals surface area contributed by atoms with Crippen LogP contribution in [-0.2, 0) is 24.8 Å². The van der Waals surface area contributed by atoms with Gasteiger partial charge in [0.1, 0.15) is 5.15 Å². The van der Waals surface area contributed by atoms with E-state index in [0.717, 1.165) is 29.7 Å². The predicted octanol–water partition coefficient (Wildman–Crippen LogP) is 2.36. The quantitative estimate of drug-likeness (QED) is 0.809. The Labute approximate surface area is 147 Å². The molecule has 5 nitrogen and oxygen atoms in total. The van der Waals surface area contributed by atoms with Gasteiger partial charge in [-0.25, -0.2) is 0 Å². The zero-order chi connectivity index (χ0) is 17.1. The summed E-state index contributed by atoms with van der Waals surface area (Å²) in [7, 11) is 1.82. The molecule has 1 amide bonds. The zero-order valence-electron chi connectivity index (χ0n) is 14.1. The molecule has 1 saturated carbocycles. The number of carbonyl (C=O) groups excluding carboxylic acids is 1. The Bertz CT molecular complexity index is 709. The van der Waals surface area contributed by atoms with Crippen molar-refractivity contribution >= 4 is 17.5 Å². The first-order valence-electron chi connectivity index (χ1n) is 8.30. The van der Waals surface area contributed by atoms with Crippen molar-refractivity contribution in [1.29, 1.82) is 0 Å². The largest absolute Gasteiger partial charge is 0.352 e. The second kappa shape index (κ2) is 7.36. The van der Waals surface area contributed by atoms with E-state index >= 15 is 0 Å². The summed E-state index contributed by atoms with van der Waals surface area (Å²) in [5, 5.41) is 11.4. The summed E-state index contributed by atoms with van der Waals surface area (Å²) in [6.45, 7) is 2.45. The van der Waals surface area contributed by atoms with Crippen LogP contribution in [0.3, 0.4) is 0 Å². The monoisotopic (exact) mass is 346 g/mol. The Morgan fingerprint density at radius 3 is 2.67 bits per heavy atom. The molecule has 6 heteroatoms. The smallest absolute Gasteiger partial charge is 0.237 e. The topological polar surface area (TPSA) is 59.0 Å². The van der Waals surface area contributed by atoms with Gasteiger partial charge in [-0.05, 0) is 31.7 Å². The number of nitrogens with zero attached hydrogens (tertiary/aromatic N) is 2. The van der Waals surface area contributed by atoms with E-state index in [1.807, 2.05) is 44.3 Å². The lowest BCUT2D eigenvalue weighted by atomic mass is 10.0. The Morgan fingerprint density at radius 1 is 1.38 bits per heavy atom. The summed E-state index contributed by atoms with van der Waals surface area (Å²) in [5.41, 5.74) is 2.96. The minimum Gasteiger partial charge on any atom is -0.352 e. The van der Waals surface area contributed by atoms with E-state index in [1.54, 1.807) is 4.68 Å². The van der Waals surface area contributed by atoms with Gasteiger partial charge in [0.05, 0.1) is 11.7 Å². The molecule has 1 fully saturated rings. The summed E-state index contributed by atoms with van der Waals surface area (Å²) in [6, 6.07) is 10.1. The molecule has 1 heterocycles. The van der Waals surface area contributed by atoms with Crippen LogP contribution in [0.5, 0.6) is 0 Å². The second-order valence-electron chi connectivity index (χ2n) is 6.38. The molecule has 2 N–H and O–H groups in total. The fourth-order valence-corrected chi connectivity index (χ4v) is 2.98. The first kappa shape index (κ1) is 17.0. The third-order valence-electron chi connectivity index (χ3n) is 4.32. The van der Waals surface area contributed by atoms with E-state index in [-0.39, 0.29) is 11.9 Å². The van der Waals surface area contributed by atoms with Crippen molar-refractivity contribution in [2.75, 3.05) is 0 Å². The number of aromatic nitrogens is 2. The molecule has 1 aromatic heterocycles. The van der Waals surface area contributed by atoms with Crippen LogP contribution in [0.4, 0.5) is 0 Å². The molecule has 3 rings (SSSR count). The Balaban J connectivity index is 1.70. The SMILES string of the molecule is Cc1nn(C)c(Cl)c1CN[C@@H](Cc1ccccc1)C(=O)NC1CC1. The zero-order valence-corrected chi connectivity index (χ0v) is 14.8. The summed E-state index contributed by atoms with van der Waals surface area (Å²) >= 11 is 6.29. The Kier molecular flexibility index (Phi) is 5.21. The van der Waals surface area contributed by atoms with E-state index < -0.39 is 0 Å². The van der Waals surface area contributed by atoms with Gasteiger partial charge < -0.3 is 10.6 Å². The highest BCUT2D eigenvalue weighted by molar-refractivity contribution is 6.30. The van der Waals surface area contributed by atoms with Gasteiger partial charge in [-0.2, -0.15) is 5.10 Å². The number of benzene rings is 1. The maximum absolute atomic E-state index is 12.6. The molecule has 24 heavy (non-hydrogen) atoms. The predicted molar refractivity (Wildman–Crippen MR) is 94.9 cm³/mol. The number of carbonyl (C=O) groups is 1. The van der Waals surface area contributed by atoms with Crippen molar-refractivity contribution in [2.24, 2.45) is 7.05 Å². The van der Waals surface area contributed by atoms with E-state index in [0.29, 0.717) is 24.2 Å². The highest BCUT2D eigenvalue weighted by Gasteiger charge is 2.27. The van der Waals surface area contributed by atoms with Crippen molar-refractivity contribution in [3.8, 4) is 0 Å². The standard InChI is InChI=1S/C18H23ClN4O/c1-12-15(17(19)23(2)22-12)11-20-16(18(24)21-14-8-9-14)10-13-6-4-3-5-7-13/h3-7,14,16,20H,8-11H2,1-2H3,(H,21,24)/t16-/m0/s1. The number of hydrogen-bond donors (Lipinski definition) is 2. The van der Waals surface area contributed by atoms with Crippen molar-refractivity contribution in [3.63, 3.8) is 0 Å². The van der Waals surface area contributed by atoms with Crippen LogP contribution in [0.25, 0.3) is 0 Å². The third kappa shape index (κ3) is 4.16. The van der Waals surface area contributed by atoms with Gasteiger partial charge in [0.25, 0.3) is 0 Å². The van der Waals surface area contributed by atoms with Gasteiger partial charge in [0.2, 0.25) is 5.91 Å². The summed E-state index contributed by atoms with van der Waals surface area (Å²) in [6.07, 6.45) is 2.81. The molecule has 0 bridgehead atoms. The molecule has 1 aliphatic rings. The van der Waals surface area contributed by atoms with Crippen molar-refractivity contribution < 1.29 is 4.79 Å². The number of halogens is 1. The lowest BCUT2D eigenvalue weighted by molar-refractivity contribution is -0.123. The molecular formula is C18H23ClN4O. The van der Waals surface area contributed by atoms with Crippen molar-refractivity contribution in [1.82, 2.24) is 20.4 Å².